The average molecular weight is 299 g/mol. The number of carbonyl (C=O) groups is 2. The molecule has 0 aliphatic heterocycles. The molecule has 0 aromatic heterocycles. The Balaban J connectivity index is 2.26. The van der Waals surface area contributed by atoms with Gasteiger partial charge in [-0.1, -0.05) is 28.1 Å². The molecular formula is C12H15BrN2O2. The SMILES string of the molecule is CC(=O)CCNC(=O)NCc1cccc(Br)c1. The second kappa shape index (κ2) is 7.06. The third kappa shape index (κ3) is 6.06. The van der Waals surface area contributed by atoms with Gasteiger partial charge in [-0.25, -0.2) is 4.79 Å². The maximum absolute atomic E-state index is 11.3. The minimum Gasteiger partial charge on any atom is -0.338 e. The molecule has 4 nitrogen and oxygen atoms in total. The summed E-state index contributed by atoms with van der Waals surface area (Å²) in [6, 6.07) is 7.45. The van der Waals surface area contributed by atoms with E-state index < -0.39 is 0 Å². The first-order valence-electron chi connectivity index (χ1n) is 5.33. The van der Waals surface area contributed by atoms with E-state index in [4.69, 9.17) is 0 Å². The van der Waals surface area contributed by atoms with Crippen molar-refractivity contribution in [1.82, 2.24) is 10.6 Å². The highest BCUT2D eigenvalue weighted by Gasteiger charge is 2.01. The number of rotatable bonds is 5. The van der Waals surface area contributed by atoms with Gasteiger partial charge in [-0.2, -0.15) is 0 Å². The quantitative estimate of drug-likeness (QED) is 0.876. The lowest BCUT2D eigenvalue weighted by Gasteiger charge is -2.07. The normalized spacial score (nSPS) is 9.76. The molecule has 0 aliphatic carbocycles. The second-order valence-electron chi connectivity index (χ2n) is 3.69. The van der Waals surface area contributed by atoms with Gasteiger partial charge in [0.25, 0.3) is 0 Å². The monoisotopic (exact) mass is 298 g/mol. The van der Waals surface area contributed by atoms with Crippen LogP contribution in [0.3, 0.4) is 0 Å². The molecule has 0 heterocycles. The molecule has 0 unspecified atom stereocenters. The van der Waals surface area contributed by atoms with E-state index in [0.29, 0.717) is 19.5 Å². The lowest BCUT2D eigenvalue weighted by Crippen LogP contribution is -2.36. The molecule has 0 atom stereocenters. The zero-order valence-corrected chi connectivity index (χ0v) is 11.2. The smallest absolute Gasteiger partial charge is 0.315 e. The topological polar surface area (TPSA) is 58.2 Å². The van der Waals surface area contributed by atoms with Gasteiger partial charge >= 0.3 is 6.03 Å². The molecule has 5 heteroatoms. The van der Waals surface area contributed by atoms with E-state index >= 15 is 0 Å². The molecule has 0 radical (unpaired) electrons. The Morgan fingerprint density at radius 1 is 1.29 bits per heavy atom. The fourth-order valence-corrected chi connectivity index (χ4v) is 1.69. The van der Waals surface area contributed by atoms with Gasteiger partial charge in [-0.3, -0.25) is 4.79 Å². The molecule has 1 aromatic rings. The fourth-order valence-electron chi connectivity index (χ4n) is 1.24. The van der Waals surface area contributed by atoms with Crippen LogP contribution in [0.1, 0.15) is 18.9 Å². The van der Waals surface area contributed by atoms with E-state index in [1.54, 1.807) is 0 Å². The van der Waals surface area contributed by atoms with Crippen LogP contribution in [-0.2, 0) is 11.3 Å². The number of carbonyl (C=O) groups excluding carboxylic acids is 2. The van der Waals surface area contributed by atoms with Crippen molar-refractivity contribution in [2.75, 3.05) is 6.54 Å². The highest BCUT2D eigenvalue weighted by Crippen LogP contribution is 2.11. The molecule has 2 amide bonds. The number of hydrogen-bond acceptors (Lipinski definition) is 2. The zero-order chi connectivity index (χ0) is 12.7. The molecule has 0 saturated heterocycles. The molecule has 0 aliphatic rings. The molecule has 92 valence electrons. The van der Waals surface area contributed by atoms with Crippen LogP contribution in [0.4, 0.5) is 4.79 Å². The molecule has 2 N–H and O–H groups in total. The predicted octanol–water partition coefficient (Wildman–Crippen LogP) is 2.23. The van der Waals surface area contributed by atoms with Crippen LogP contribution in [0.25, 0.3) is 0 Å². The number of benzene rings is 1. The third-order valence-corrected chi connectivity index (χ3v) is 2.60. The maximum atomic E-state index is 11.3. The predicted molar refractivity (Wildman–Crippen MR) is 69.7 cm³/mol. The van der Waals surface area contributed by atoms with E-state index in [1.165, 1.54) is 6.92 Å². The first-order valence-corrected chi connectivity index (χ1v) is 6.13. The molecule has 1 aromatic carbocycles. The van der Waals surface area contributed by atoms with Gasteiger partial charge in [0, 0.05) is 24.0 Å². The number of Topliss-reactive ketones (excluding diaryl/α,β-unsaturated/α-hetero) is 1. The number of urea groups is 1. The van der Waals surface area contributed by atoms with E-state index in [1.807, 2.05) is 24.3 Å². The first-order chi connectivity index (χ1) is 8.08. The molecule has 17 heavy (non-hydrogen) atoms. The van der Waals surface area contributed by atoms with Crippen molar-refractivity contribution in [3.63, 3.8) is 0 Å². The van der Waals surface area contributed by atoms with E-state index in [2.05, 4.69) is 26.6 Å². The number of nitrogens with one attached hydrogen (secondary N) is 2. The molecule has 0 saturated carbocycles. The van der Waals surface area contributed by atoms with Gasteiger partial charge in [0.05, 0.1) is 0 Å². The summed E-state index contributed by atoms with van der Waals surface area (Å²) < 4.78 is 0.980. The molecule has 0 spiro atoms. The van der Waals surface area contributed by atoms with E-state index in [0.717, 1.165) is 10.0 Å². The lowest BCUT2D eigenvalue weighted by atomic mass is 10.2. The van der Waals surface area contributed by atoms with Gasteiger partial charge in [0.15, 0.2) is 0 Å². The summed E-state index contributed by atoms with van der Waals surface area (Å²) in [5.74, 6) is 0.0669. The highest BCUT2D eigenvalue weighted by atomic mass is 79.9. The first kappa shape index (κ1) is 13.7. The van der Waals surface area contributed by atoms with E-state index in [-0.39, 0.29) is 11.8 Å². The summed E-state index contributed by atoms with van der Waals surface area (Å²) >= 11 is 3.36. The number of ketones is 1. The molecule has 0 bridgehead atoms. The van der Waals surface area contributed by atoms with Crippen LogP contribution < -0.4 is 10.6 Å². The van der Waals surface area contributed by atoms with Crippen LogP contribution >= 0.6 is 15.9 Å². The van der Waals surface area contributed by atoms with Gasteiger partial charge in [0.1, 0.15) is 5.78 Å². The Morgan fingerprint density at radius 3 is 2.71 bits per heavy atom. The Labute approximate surface area is 109 Å². The molecular weight excluding hydrogens is 284 g/mol. The van der Waals surface area contributed by atoms with Crippen LogP contribution in [0.15, 0.2) is 28.7 Å². The summed E-state index contributed by atoms with van der Waals surface area (Å²) in [6.45, 7) is 2.34. The second-order valence-corrected chi connectivity index (χ2v) is 4.61. The Bertz CT molecular complexity index is 407. The fraction of sp³-hybridized carbons (Fsp3) is 0.333. The van der Waals surface area contributed by atoms with Crippen molar-refractivity contribution in [3.05, 3.63) is 34.3 Å². The van der Waals surface area contributed by atoms with Crippen molar-refractivity contribution in [1.29, 1.82) is 0 Å². The maximum Gasteiger partial charge on any atom is 0.315 e. The summed E-state index contributed by atoms with van der Waals surface area (Å²) in [5.41, 5.74) is 1.01. The standard InChI is InChI=1S/C12H15BrN2O2/c1-9(16)5-6-14-12(17)15-8-10-3-2-4-11(13)7-10/h2-4,7H,5-6,8H2,1H3,(H2,14,15,17). The van der Waals surface area contributed by atoms with Crippen molar-refractivity contribution in [2.45, 2.75) is 19.9 Å². The van der Waals surface area contributed by atoms with Crippen molar-refractivity contribution < 1.29 is 9.59 Å². The number of hydrogen-bond donors (Lipinski definition) is 2. The average Bonchev–Trinajstić information content (AvgIpc) is 2.26. The summed E-state index contributed by atoms with van der Waals surface area (Å²) in [4.78, 5) is 22.0. The Morgan fingerprint density at radius 2 is 2.06 bits per heavy atom. The third-order valence-electron chi connectivity index (χ3n) is 2.10. The van der Waals surface area contributed by atoms with Crippen LogP contribution in [0.5, 0.6) is 0 Å². The summed E-state index contributed by atoms with van der Waals surface area (Å²) in [6.07, 6.45) is 0.365. The van der Waals surface area contributed by atoms with E-state index in [9.17, 15) is 9.59 Å². The van der Waals surface area contributed by atoms with Crippen LogP contribution in [0, 0.1) is 0 Å². The minimum atomic E-state index is -0.258. The number of halogens is 1. The number of amides is 2. The molecule has 0 fully saturated rings. The van der Waals surface area contributed by atoms with Crippen molar-refractivity contribution >= 4 is 27.7 Å². The Hall–Kier alpha value is -1.36. The minimum absolute atomic E-state index is 0.0669. The van der Waals surface area contributed by atoms with Crippen molar-refractivity contribution in [2.24, 2.45) is 0 Å². The summed E-state index contributed by atoms with van der Waals surface area (Å²) in [7, 11) is 0. The lowest BCUT2D eigenvalue weighted by molar-refractivity contribution is -0.116. The van der Waals surface area contributed by atoms with Crippen LogP contribution in [-0.4, -0.2) is 18.4 Å². The van der Waals surface area contributed by atoms with Crippen molar-refractivity contribution in [3.8, 4) is 0 Å². The largest absolute Gasteiger partial charge is 0.338 e. The van der Waals surface area contributed by atoms with Gasteiger partial charge in [0.2, 0.25) is 0 Å². The summed E-state index contributed by atoms with van der Waals surface area (Å²) in [5, 5.41) is 5.33. The van der Waals surface area contributed by atoms with Gasteiger partial charge < -0.3 is 10.6 Å². The Kier molecular flexibility index (Phi) is 5.69. The van der Waals surface area contributed by atoms with Gasteiger partial charge in [-0.15, -0.1) is 0 Å². The zero-order valence-electron chi connectivity index (χ0n) is 9.63. The van der Waals surface area contributed by atoms with Crippen LogP contribution in [0.2, 0.25) is 0 Å². The molecule has 1 rings (SSSR count). The highest BCUT2D eigenvalue weighted by molar-refractivity contribution is 9.10. The van der Waals surface area contributed by atoms with Gasteiger partial charge in [-0.05, 0) is 24.6 Å².